The fourth-order valence-corrected chi connectivity index (χ4v) is 2.60. The predicted molar refractivity (Wildman–Crippen MR) is 83.3 cm³/mol. The van der Waals surface area contributed by atoms with Crippen molar-refractivity contribution < 1.29 is 9.53 Å². The van der Waals surface area contributed by atoms with Crippen LogP contribution in [0, 0.1) is 0 Å². The molecule has 0 fully saturated rings. The maximum Gasteiger partial charge on any atom is 0.179 e. The van der Waals surface area contributed by atoms with E-state index in [0.29, 0.717) is 6.61 Å². The van der Waals surface area contributed by atoms with Gasteiger partial charge in [0.1, 0.15) is 0 Å². The van der Waals surface area contributed by atoms with E-state index in [1.54, 1.807) is 7.11 Å². The van der Waals surface area contributed by atoms with Gasteiger partial charge in [0.2, 0.25) is 0 Å². The van der Waals surface area contributed by atoms with Gasteiger partial charge in [0, 0.05) is 18.7 Å². The lowest BCUT2D eigenvalue weighted by Gasteiger charge is -2.32. The summed E-state index contributed by atoms with van der Waals surface area (Å²) in [5.74, 6) is 0.178. The molecule has 0 saturated heterocycles. The molecular formula is C17H27NO2. The van der Waals surface area contributed by atoms with E-state index >= 15 is 0 Å². The van der Waals surface area contributed by atoms with Gasteiger partial charge in [-0.1, -0.05) is 38.1 Å². The van der Waals surface area contributed by atoms with E-state index in [-0.39, 0.29) is 17.9 Å². The predicted octanol–water partition coefficient (Wildman–Crippen LogP) is 3.18. The Hall–Kier alpha value is -1.19. The molecule has 0 radical (unpaired) electrons. The average molecular weight is 277 g/mol. The molecule has 2 atom stereocenters. The molecule has 2 unspecified atom stereocenters. The van der Waals surface area contributed by atoms with Crippen LogP contribution in [0.25, 0.3) is 0 Å². The monoisotopic (exact) mass is 277 g/mol. The van der Waals surface area contributed by atoms with Gasteiger partial charge in [-0.15, -0.1) is 0 Å². The van der Waals surface area contributed by atoms with Crippen LogP contribution >= 0.6 is 0 Å². The van der Waals surface area contributed by atoms with Gasteiger partial charge in [-0.3, -0.25) is 9.69 Å². The summed E-state index contributed by atoms with van der Waals surface area (Å²) in [4.78, 5) is 14.8. The van der Waals surface area contributed by atoms with Crippen LogP contribution in [0.5, 0.6) is 0 Å². The van der Waals surface area contributed by atoms with Crippen LogP contribution in [0.3, 0.4) is 0 Å². The maximum absolute atomic E-state index is 12.6. The molecule has 1 aromatic rings. The Bertz CT molecular complexity index is 414. The number of methoxy groups -OCH3 is 1. The highest BCUT2D eigenvalue weighted by Gasteiger charge is 2.25. The number of hydrogen-bond donors (Lipinski definition) is 0. The zero-order valence-electron chi connectivity index (χ0n) is 13.3. The highest BCUT2D eigenvalue weighted by molar-refractivity contribution is 5.99. The molecule has 0 N–H and O–H groups in total. The summed E-state index contributed by atoms with van der Waals surface area (Å²) >= 11 is 0. The Morgan fingerprint density at radius 3 is 2.25 bits per heavy atom. The van der Waals surface area contributed by atoms with E-state index in [9.17, 15) is 4.79 Å². The Kier molecular flexibility index (Phi) is 6.89. The third-order valence-electron chi connectivity index (χ3n) is 3.86. The molecule has 0 aliphatic rings. The van der Waals surface area contributed by atoms with Gasteiger partial charge in [0.15, 0.2) is 5.78 Å². The van der Waals surface area contributed by atoms with Gasteiger partial charge in [-0.05, 0) is 32.4 Å². The van der Waals surface area contributed by atoms with E-state index in [1.165, 1.54) is 5.56 Å². The van der Waals surface area contributed by atoms with Crippen molar-refractivity contribution >= 4 is 5.78 Å². The second-order valence-corrected chi connectivity index (χ2v) is 5.23. The Morgan fingerprint density at radius 1 is 1.20 bits per heavy atom. The summed E-state index contributed by atoms with van der Waals surface area (Å²) in [5.41, 5.74) is 2.05. The van der Waals surface area contributed by atoms with Crippen LogP contribution in [0.2, 0.25) is 0 Å². The van der Waals surface area contributed by atoms with E-state index in [1.807, 2.05) is 31.2 Å². The fraction of sp³-hybridized carbons (Fsp3) is 0.588. The van der Waals surface area contributed by atoms with E-state index in [2.05, 4.69) is 25.7 Å². The lowest BCUT2D eigenvalue weighted by atomic mass is 10.0. The standard InChI is InChI=1S/C17H27NO2/c1-6-15-8-10-16(11-9-15)17(19)14(4)18(7-2)13(3)12-20-5/h8-11,13-14H,6-7,12H2,1-5H3. The highest BCUT2D eigenvalue weighted by Crippen LogP contribution is 2.13. The molecule has 1 aromatic carbocycles. The van der Waals surface area contributed by atoms with Gasteiger partial charge >= 0.3 is 0 Å². The summed E-state index contributed by atoms with van der Waals surface area (Å²) < 4.78 is 5.20. The largest absolute Gasteiger partial charge is 0.383 e. The van der Waals surface area contributed by atoms with Crippen LogP contribution in [0.15, 0.2) is 24.3 Å². The molecule has 0 bridgehead atoms. The van der Waals surface area contributed by atoms with Gasteiger partial charge in [-0.25, -0.2) is 0 Å². The molecule has 0 amide bonds. The lowest BCUT2D eigenvalue weighted by molar-refractivity contribution is 0.0612. The summed E-state index contributed by atoms with van der Waals surface area (Å²) in [7, 11) is 1.69. The first kappa shape index (κ1) is 16.9. The number of ether oxygens (including phenoxy) is 1. The molecule has 3 heteroatoms. The second kappa shape index (κ2) is 8.18. The molecular weight excluding hydrogens is 250 g/mol. The number of hydrogen-bond acceptors (Lipinski definition) is 3. The van der Waals surface area contributed by atoms with Gasteiger partial charge in [-0.2, -0.15) is 0 Å². The molecule has 0 aliphatic heterocycles. The Morgan fingerprint density at radius 2 is 1.80 bits per heavy atom. The molecule has 1 rings (SSSR count). The van der Waals surface area contributed by atoms with Crippen LogP contribution in [-0.2, 0) is 11.2 Å². The molecule has 0 saturated carbocycles. The highest BCUT2D eigenvalue weighted by atomic mass is 16.5. The van der Waals surface area contributed by atoms with Crippen molar-refractivity contribution in [1.82, 2.24) is 4.90 Å². The summed E-state index contributed by atoms with van der Waals surface area (Å²) in [6, 6.07) is 8.05. The van der Waals surface area contributed by atoms with Crippen molar-refractivity contribution in [1.29, 1.82) is 0 Å². The topological polar surface area (TPSA) is 29.5 Å². The third-order valence-corrected chi connectivity index (χ3v) is 3.86. The van der Waals surface area contributed by atoms with Crippen LogP contribution in [0.4, 0.5) is 0 Å². The Balaban J connectivity index is 2.82. The molecule has 0 spiro atoms. The lowest BCUT2D eigenvalue weighted by Crippen LogP contribution is -2.46. The number of carbonyl (C=O) groups is 1. The van der Waals surface area contributed by atoms with E-state index in [4.69, 9.17) is 4.74 Å². The molecule has 0 aromatic heterocycles. The number of rotatable bonds is 8. The van der Waals surface area contributed by atoms with Crippen molar-refractivity contribution in [3.63, 3.8) is 0 Å². The Labute approximate surface area is 122 Å². The maximum atomic E-state index is 12.6. The first-order chi connectivity index (χ1) is 9.54. The van der Waals surface area contributed by atoms with Crippen LogP contribution in [0.1, 0.15) is 43.6 Å². The first-order valence-corrected chi connectivity index (χ1v) is 7.42. The fourth-order valence-electron chi connectivity index (χ4n) is 2.60. The summed E-state index contributed by atoms with van der Waals surface area (Å²) in [6.07, 6.45) is 0.996. The molecule has 112 valence electrons. The zero-order chi connectivity index (χ0) is 15.1. The normalized spacial score (nSPS) is 14.3. The second-order valence-electron chi connectivity index (χ2n) is 5.23. The number of nitrogens with zero attached hydrogens (tertiary/aromatic N) is 1. The van der Waals surface area contributed by atoms with Gasteiger partial charge < -0.3 is 4.74 Å². The minimum absolute atomic E-state index is 0.127. The smallest absolute Gasteiger partial charge is 0.179 e. The number of benzene rings is 1. The van der Waals surface area contributed by atoms with Crippen molar-refractivity contribution in [3.8, 4) is 0 Å². The van der Waals surface area contributed by atoms with Crippen molar-refractivity contribution in [2.24, 2.45) is 0 Å². The number of likely N-dealkylation sites (N-methyl/N-ethyl adjacent to an activating group) is 1. The van der Waals surface area contributed by atoms with Gasteiger partial charge in [0.05, 0.1) is 12.6 Å². The average Bonchev–Trinajstić information content (AvgIpc) is 2.47. The minimum atomic E-state index is -0.127. The SMILES string of the molecule is CCc1ccc(C(=O)C(C)N(CC)C(C)COC)cc1. The minimum Gasteiger partial charge on any atom is -0.383 e. The molecule has 0 aliphatic carbocycles. The summed E-state index contributed by atoms with van der Waals surface area (Å²) in [5, 5.41) is 0. The van der Waals surface area contributed by atoms with E-state index in [0.717, 1.165) is 18.5 Å². The van der Waals surface area contributed by atoms with Gasteiger partial charge in [0.25, 0.3) is 0 Å². The number of ketones is 1. The molecule has 0 heterocycles. The number of carbonyl (C=O) groups excluding carboxylic acids is 1. The van der Waals surface area contributed by atoms with Crippen molar-refractivity contribution in [2.45, 2.75) is 46.2 Å². The molecule has 3 nitrogen and oxygen atoms in total. The zero-order valence-corrected chi connectivity index (χ0v) is 13.3. The van der Waals surface area contributed by atoms with Crippen molar-refractivity contribution in [3.05, 3.63) is 35.4 Å². The van der Waals surface area contributed by atoms with Crippen molar-refractivity contribution in [2.75, 3.05) is 20.3 Å². The van der Waals surface area contributed by atoms with Crippen LogP contribution in [-0.4, -0.2) is 43.0 Å². The molecule has 20 heavy (non-hydrogen) atoms. The first-order valence-electron chi connectivity index (χ1n) is 7.42. The number of Topliss-reactive ketones (excluding diaryl/α,β-unsaturated/α-hetero) is 1. The number of aryl methyl sites for hydroxylation is 1. The summed E-state index contributed by atoms with van der Waals surface area (Å²) in [6.45, 7) is 9.74. The third kappa shape index (κ3) is 4.15. The quantitative estimate of drug-likeness (QED) is 0.684. The van der Waals surface area contributed by atoms with Crippen LogP contribution < -0.4 is 0 Å². The van der Waals surface area contributed by atoms with E-state index < -0.39 is 0 Å².